The molecule has 1 aliphatic heterocycles. The largest absolute Gasteiger partial charge is 0.459 e. The molecule has 0 aromatic carbocycles. The van der Waals surface area contributed by atoms with Crippen molar-refractivity contribution in [1.29, 1.82) is 0 Å². The Hall–Kier alpha value is -0.650. The van der Waals surface area contributed by atoms with Gasteiger partial charge in [-0.1, -0.05) is 0 Å². The fourth-order valence-corrected chi connectivity index (χ4v) is 1.94. The number of esters is 1. The Kier molecular flexibility index (Phi) is 1.61. The van der Waals surface area contributed by atoms with E-state index in [1.807, 2.05) is 0 Å². The Balaban J connectivity index is 2.20. The van der Waals surface area contributed by atoms with Gasteiger partial charge < -0.3 is 20.7 Å². The molecule has 0 bridgehead atoms. The SMILES string of the molecule is N[C@@H]1[C@@H](O)[C@@H]2OC(=O)C[C@@H]2[C@H]1O. The number of fused-ring (bicyclic) bond motifs is 1. The number of carbonyl (C=O) groups excluding carboxylic acids is 1. The summed E-state index contributed by atoms with van der Waals surface area (Å²) in [7, 11) is 0. The van der Waals surface area contributed by atoms with E-state index in [1.54, 1.807) is 0 Å². The number of aliphatic hydroxyl groups is 2. The second-order valence-corrected chi connectivity index (χ2v) is 3.38. The van der Waals surface area contributed by atoms with Gasteiger partial charge in [-0.3, -0.25) is 4.79 Å². The number of hydrogen-bond donors (Lipinski definition) is 3. The maximum atomic E-state index is 10.8. The zero-order valence-electron chi connectivity index (χ0n) is 6.38. The van der Waals surface area contributed by atoms with Gasteiger partial charge in [0, 0.05) is 5.92 Å². The van der Waals surface area contributed by atoms with Crippen LogP contribution in [0.1, 0.15) is 6.42 Å². The Labute approximate surface area is 69.1 Å². The monoisotopic (exact) mass is 173 g/mol. The highest BCUT2D eigenvalue weighted by molar-refractivity contribution is 5.72. The normalized spacial score (nSPS) is 52.2. The molecule has 5 nitrogen and oxygen atoms in total. The number of hydrogen-bond acceptors (Lipinski definition) is 5. The van der Waals surface area contributed by atoms with Crippen LogP contribution in [0.15, 0.2) is 0 Å². The average molecular weight is 173 g/mol. The van der Waals surface area contributed by atoms with Crippen LogP contribution in [0.4, 0.5) is 0 Å². The lowest BCUT2D eigenvalue weighted by Crippen LogP contribution is -2.41. The molecule has 1 saturated carbocycles. The summed E-state index contributed by atoms with van der Waals surface area (Å²) in [6.07, 6.45) is -2.17. The van der Waals surface area contributed by atoms with Gasteiger partial charge in [-0.25, -0.2) is 0 Å². The molecule has 1 heterocycles. The molecule has 1 saturated heterocycles. The number of ether oxygens (including phenoxy) is 1. The van der Waals surface area contributed by atoms with Crippen molar-refractivity contribution >= 4 is 5.97 Å². The molecule has 5 heteroatoms. The topological polar surface area (TPSA) is 92.8 Å². The van der Waals surface area contributed by atoms with Crippen molar-refractivity contribution in [3.05, 3.63) is 0 Å². The molecule has 0 aromatic rings. The van der Waals surface area contributed by atoms with Crippen molar-refractivity contribution in [1.82, 2.24) is 0 Å². The molecule has 5 atom stereocenters. The first kappa shape index (κ1) is 7.97. The predicted molar refractivity (Wildman–Crippen MR) is 38.0 cm³/mol. The summed E-state index contributed by atoms with van der Waals surface area (Å²) in [5.41, 5.74) is 5.47. The summed E-state index contributed by atoms with van der Waals surface area (Å²) in [6.45, 7) is 0. The van der Waals surface area contributed by atoms with E-state index in [1.165, 1.54) is 0 Å². The smallest absolute Gasteiger partial charge is 0.306 e. The first-order chi connectivity index (χ1) is 5.61. The Morgan fingerprint density at radius 1 is 1.42 bits per heavy atom. The van der Waals surface area contributed by atoms with Gasteiger partial charge in [0.2, 0.25) is 0 Å². The maximum Gasteiger partial charge on any atom is 0.306 e. The molecule has 0 unspecified atom stereocenters. The summed E-state index contributed by atoms with van der Waals surface area (Å²) in [4.78, 5) is 10.8. The Morgan fingerprint density at radius 2 is 2.08 bits per heavy atom. The third-order valence-electron chi connectivity index (χ3n) is 2.66. The van der Waals surface area contributed by atoms with E-state index < -0.39 is 24.4 Å². The van der Waals surface area contributed by atoms with Gasteiger partial charge in [0.1, 0.15) is 12.2 Å². The predicted octanol–water partition coefficient (Wildman–Crippen LogP) is -2.02. The van der Waals surface area contributed by atoms with E-state index >= 15 is 0 Å². The number of rotatable bonds is 0. The number of nitrogens with two attached hydrogens (primary N) is 1. The van der Waals surface area contributed by atoms with Crippen molar-refractivity contribution in [2.75, 3.05) is 0 Å². The highest BCUT2D eigenvalue weighted by atomic mass is 16.6. The van der Waals surface area contributed by atoms with E-state index in [-0.39, 0.29) is 18.3 Å². The Morgan fingerprint density at radius 3 is 2.67 bits per heavy atom. The van der Waals surface area contributed by atoms with Crippen LogP contribution in [0, 0.1) is 5.92 Å². The van der Waals surface area contributed by atoms with Crippen molar-refractivity contribution in [3.8, 4) is 0 Å². The van der Waals surface area contributed by atoms with Crippen molar-refractivity contribution in [2.24, 2.45) is 11.7 Å². The zero-order chi connectivity index (χ0) is 8.88. The van der Waals surface area contributed by atoms with Crippen LogP contribution in [-0.2, 0) is 9.53 Å². The summed E-state index contributed by atoms with van der Waals surface area (Å²) >= 11 is 0. The van der Waals surface area contributed by atoms with Crippen LogP contribution in [0.2, 0.25) is 0 Å². The first-order valence-electron chi connectivity index (χ1n) is 3.92. The van der Waals surface area contributed by atoms with Gasteiger partial charge in [-0.2, -0.15) is 0 Å². The van der Waals surface area contributed by atoms with Crippen LogP contribution < -0.4 is 5.73 Å². The molecule has 1 aliphatic carbocycles. The molecular weight excluding hydrogens is 162 g/mol. The van der Waals surface area contributed by atoms with Gasteiger partial charge in [0.15, 0.2) is 0 Å². The molecule has 0 aromatic heterocycles. The fraction of sp³-hybridized carbons (Fsp3) is 0.857. The lowest BCUT2D eigenvalue weighted by molar-refractivity contribution is -0.145. The first-order valence-corrected chi connectivity index (χ1v) is 3.92. The standard InChI is InChI=1S/C7H11NO4/c8-4-5(10)2-1-3(9)12-7(2)6(4)11/h2,4-7,10-11H,1,8H2/t2-,4+,5-,6-,7-/m1/s1. The van der Waals surface area contributed by atoms with Crippen LogP contribution in [0.5, 0.6) is 0 Å². The van der Waals surface area contributed by atoms with Gasteiger partial charge in [-0.15, -0.1) is 0 Å². The molecular formula is C7H11NO4. The van der Waals surface area contributed by atoms with E-state index in [2.05, 4.69) is 0 Å². The van der Waals surface area contributed by atoms with Crippen molar-refractivity contribution < 1.29 is 19.7 Å². The molecule has 0 spiro atoms. The minimum Gasteiger partial charge on any atom is -0.459 e. The van der Waals surface area contributed by atoms with E-state index in [0.29, 0.717) is 0 Å². The lowest BCUT2D eigenvalue weighted by atomic mass is 10.0. The molecule has 2 fully saturated rings. The molecule has 68 valence electrons. The highest BCUT2D eigenvalue weighted by Gasteiger charge is 2.54. The molecule has 4 N–H and O–H groups in total. The van der Waals surface area contributed by atoms with Gasteiger partial charge >= 0.3 is 5.97 Å². The van der Waals surface area contributed by atoms with Gasteiger partial charge in [0.25, 0.3) is 0 Å². The minimum absolute atomic E-state index is 0.163. The van der Waals surface area contributed by atoms with E-state index in [4.69, 9.17) is 10.5 Å². The molecule has 0 amide bonds. The van der Waals surface area contributed by atoms with E-state index in [9.17, 15) is 15.0 Å². The van der Waals surface area contributed by atoms with Crippen LogP contribution in [0.25, 0.3) is 0 Å². The second kappa shape index (κ2) is 2.42. The molecule has 2 rings (SSSR count). The number of aliphatic hydroxyl groups excluding tert-OH is 2. The molecule has 0 radical (unpaired) electrons. The maximum absolute atomic E-state index is 10.8. The average Bonchev–Trinajstić information content (AvgIpc) is 2.49. The fourth-order valence-electron chi connectivity index (χ4n) is 1.94. The van der Waals surface area contributed by atoms with Crippen LogP contribution in [-0.4, -0.2) is 40.5 Å². The summed E-state index contributed by atoms with van der Waals surface area (Å²) in [5, 5.41) is 18.8. The highest BCUT2D eigenvalue weighted by Crippen LogP contribution is 2.36. The van der Waals surface area contributed by atoms with Crippen molar-refractivity contribution in [2.45, 2.75) is 30.8 Å². The van der Waals surface area contributed by atoms with Gasteiger partial charge in [0.05, 0.1) is 18.6 Å². The zero-order valence-corrected chi connectivity index (χ0v) is 6.38. The van der Waals surface area contributed by atoms with Gasteiger partial charge in [-0.05, 0) is 0 Å². The van der Waals surface area contributed by atoms with Crippen LogP contribution in [0.3, 0.4) is 0 Å². The Bertz CT molecular complexity index is 199. The van der Waals surface area contributed by atoms with E-state index in [0.717, 1.165) is 0 Å². The van der Waals surface area contributed by atoms with Crippen LogP contribution >= 0.6 is 0 Å². The summed E-state index contributed by atoms with van der Waals surface area (Å²) in [5.74, 6) is -0.683. The molecule has 12 heavy (non-hydrogen) atoms. The second-order valence-electron chi connectivity index (χ2n) is 3.38. The molecule has 2 aliphatic rings. The summed E-state index contributed by atoms with van der Waals surface area (Å²) in [6, 6.07) is -0.687. The third kappa shape index (κ3) is 0.872. The third-order valence-corrected chi connectivity index (χ3v) is 2.66. The summed E-state index contributed by atoms with van der Waals surface area (Å²) < 4.78 is 4.81. The quantitative estimate of drug-likeness (QED) is 0.368. The minimum atomic E-state index is -0.920. The van der Waals surface area contributed by atoms with Crippen molar-refractivity contribution in [3.63, 3.8) is 0 Å². The lowest BCUT2D eigenvalue weighted by Gasteiger charge is -2.14. The number of carbonyl (C=O) groups is 1.